The van der Waals surface area contributed by atoms with E-state index in [9.17, 15) is 0 Å². The van der Waals surface area contributed by atoms with Crippen molar-refractivity contribution in [3.63, 3.8) is 0 Å². The predicted molar refractivity (Wildman–Crippen MR) is 71.3 cm³/mol. The van der Waals surface area contributed by atoms with Crippen LogP contribution in [-0.4, -0.2) is 6.54 Å². The van der Waals surface area contributed by atoms with Gasteiger partial charge >= 0.3 is 0 Å². The van der Waals surface area contributed by atoms with Gasteiger partial charge in [0.2, 0.25) is 0 Å². The number of halogens is 1. The predicted octanol–water partition coefficient (Wildman–Crippen LogP) is 4.10. The zero-order chi connectivity index (χ0) is 11.4. The number of hydrogen-bond acceptors (Lipinski definition) is 2. The molecule has 1 unspecified atom stereocenters. The molecular weight excluding hydrogens is 238 g/mol. The Bertz CT molecular complexity index is 439. The molecule has 0 aliphatic carbocycles. The molecule has 1 aromatic carbocycles. The second kappa shape index (κ2) is 5.48. The van der Waals surface area contributed by atoms with Crippen LogP contribution in [0.2, 0.25) is 5.02 Å². The summed E-state index contributed by atoms with van der Waals surface area (Å²) in [6.45, 7) is 3.05. The number of thiophene rings is 1. The van der Waals surface area contributed by atoms with Crippen LogP contribution >= 0.6 is 22.9 Å². The van der Waals surface area contributed by atoms with Gasteiger partial charge in [0.15, 0.2) is 0 Å². The first-order chi connectivity index (χ1) is 7.81. The fourth-order valence-corrected chi connectivity index (χ4v) is 2.64. The Balaban J connectivity index is 2.33. The molecule has 0 saturated heterocycles. The summed E-state index contributed by atoms with van der Waals surface area (Å²) in [7, 11) is 0. The minimum Gasteiger partial charge on any atom is -0.307 e. The molecule has 1 aromatic heterocycles. The summed E-state index contributed by atoms with van der Waals surface area (Å²) in [4.78, 5) is 0. The maximum absolute atomic E-state index is 6.03. The molecule has 0 bridgehead atoms. The van der Waals surface area contributed by atoms with E-state index in [1.807, 2.05) is 18.2 Å². The van der Waals surface area contributed by atoms with Crippen LogP contribution in [0, 0.1) is 0 Å². The number of rotatable bonds is 4. The van der Waals surface area contributed by atoms with Crippen LogP contribution in [0.25, 0.3) is 0 Å². The molecular formula is C13H14ClNS. The van der Waals surface area contributed by atoms with Crippen molar-refractivity contribution in [2.45, 2.75) is 13.0 Å². The number of hydrogen-bond donors (Lipinski definition) is 1. The van der Waals surface area contributed by atoms with Crippen molar-refractivity contribution in [1.82, 2.24) is 5.32 Å². The van der Waals surface area contributed by atoms with Crippen LogP contribution in [0.15, 0.2) is 41.1 Å². The third-order valence-corrected chi connectivity index (χ3v) is 3.40. The highest BCUT2D eigenvalue weighted by atomic mass is 35.5. The smallest absolute Gasteiger partial charge is 0.0585 e. The zero-order valence-electron chi connectivity index (χ0n) is 9.11. The maximum atomic E-state index is 6.03. The summed E-state index contributed by atoms with van der Waals surface area (Å²) in [5, 5.41) is 8.54. The molecule has 1 heterocycles. The van der Waals surface area contributed by atoms with Gasteiger partial charge in [-0.05, 0) is 46.6 Å². The van der Waals surface area contributed by atoms with E-state index in [-0.39, 0.29) is 6.04 Å². The quantitative estimate of drug-likeness (QED) is 0.863. The normalized spacial score (nSPS) is 12.6. The SMILES string of the molecule is CCNC(c1ccsc1)c1cccc(Cl)c1. The molecule has 0 aliphatic heterocycles. The summed E-state index contributed by atoms with van der Waals surface area (Å²) in [6, 6.07) is 10.4. The molecule has 0 saturated carbocycles. The standard InChI is InChI=1S/C13H14ClNS/c1-2-15-13(11-6-7-16-9-11)10-4-3-5-12(14)8-10/h3-9,13,15H,2H2,1H3. The molecule has 1 nitrogen and oxygen atoms in total. The van der Waals surface area contributed by atoms with Crippen molar-refractivity contribution in [3.05, 3.63) is 57.2 Å². The van der Waals surface area contributed by atoms with Crippen molar-refractivity contribution in [2.24, 2.45) is 0 Å². The maximum Gasteiger partial charge on any atom is 0.0585 e. The Hall–Kier alpha value is -0.830. The van der Waals surface area contributed by atoms with E-state index in [4.69, 9.17) is 11.6 Å². The highest BCUT2D eigenvalue weighted by Gasteiger charge is 2.13. The van der Waals surface area contributed by atoms with E-state index in [0.29, 0.717) is 0 Å². The van der Waals surface area contributed by atoms with Gasteiger partial charge < -0.3 is 5.32 Å². The summed E-state index contributed by atoms with van der Waals surface area (Å²) in [6.07, 6.45) is 0. The van der Waals surface area contributed by atoms with E-state index >= 15 is 0 Å². The molecule has 16 heavy (non-hydrogen) atoms. The molecule has 1 atom stereocenters. The molecule has 0 amide bonds. The Morgan fingerprint density at radius 3 is 2.81 bits per heavy atom. The lowest BCUT2D eigenvalue weighted by molar-refractivity contribution is 0.632. The van der Waals surface area contributed by atoms with Gasteiger partial charge in [0, 0.05) is 5.02 Å². The molecule has 84 valence electrons. The lowest BCUT2D eigenvalue weighted by Gasteiger charge is -2.17. The number of benzene rings is 1. The monoisotopic (exact) mass is 251 g/mol. The summed E-state index contributed by atoms with van der Waals surface area (Å²) < 4.78 is 0. The van der Waals surface area contributed by atoms with E-state index in [1.54, 1.807) is 11.3 Å². The van der Waals surface area contributed by atoms with Crippen LogP contribution in [0.4, 0.5) is 0 Å². The Morgan fingerprint density at radius 2 is 2.19 bits per heavy atom. The van der Waals surface area contributed by atoms with E-state index < -0.39 is 0 Å². The topological polar surface area (TPSA) is 12.0 Å². The van der Waals surface area contributed by atoms with Gasteiger partial charge in [-0.3, -0.25) is 0 Å². The highest BCUT2D eigenvalue weighted by Crippen LogP contribution is 2.25. The average Bonchev–Trinajstić information content (AvgIpc) is 2.79. The molecule has 0 fully saturated rings. The largest absolute Gasteiger partial charge is 0.307 e. The summed E-state index contributed by atoms with van der Waals surface area (Å²) in [5.74, 6) is 0. The lowest BCUT2D eigenvalue weighted by Crippen LogP contribution is -2.21. The van der Waals surface area contributed by atoms with Crippen molar-refractivity contribution in [3.8, 4) is 0 Å². The van der Waals surface area contributed by atoms with E-state index in [0.717, 1.165) is 11.6 Å². The van der Waals surface area contributed by atoms with Crippen LogP contribution in [-0.2, 0) is 0 Å². The van der Waals surface area contributed by atoms with Gasteiger partial charge in [0.25, 0.3) is 0 Å². The molecule has 0 radical (unpaired) electrons. The first-order valence-electron chi connectivity index (χ1n) is 5.32. The van der Waals surface area contributed by atoms with Gasteiger partial charge in [-0.1, -0.05) is 30.7 Å². The Labute approximate surface area is 105 Å². The number of nitrogens with one attached hydrogen (secondary N) is 1. The molecule has 1 N–H and O–H groups in total. The summed E-state index contributed by atoms with van der Waals surface area (Å²) in [5.41, 5.74) is 2.52. The molecule has 2 aromatic rings. The second-order valence-corrected chi connectivity index (χ2v) is 4.82. The minimum absolute atomic E-state index is 0.245. The molecule has 2 rings (SSSR count). The van der Waals surface area contributed by atoms with Crippen molar-refractivity contribution >= 4 is 22.9 Å². The Kier molecular flexibility index (Phi) is 3.99. The van der Waals surface area contributed by atoms with Crippen LogP contribution in [0.1, 0.15) is 24.1 Å². The molecule has 3 heteroatoms. The van der Waals surface area contributed by atoms with E-state index in [1.165, 1.54) is 11.1 Å². The Morgan fingerprint density at radius 1 is 1.31 bits per heavy atom. The van der Waals surface area contributed by atoms with Crippen molar-refractivity contribution in [2.75, 3.05) is 6.54 Å². The third-order valence-electron chi connectivity index (χ3n) is 2.47. The first kappa shape index (κ1) is 11.6. The third kappa shape index (κ3) is 2.64. The minimum atomic E-state index is 0.245. The van der Waals surface area contributed by atoms with Crippen molar-refractivity contribution in [1.29, 1.82) is 0 Å². The molecule has 0 aliphatic rings. The van der Waals surface area contributed by atoms with E-state index in [2.05, 4.69) is 35.1 Å². The zero-order valence-corrected chi connectivity index (χ0v) is 10.7. The van der Waals surface area contributed by atoms with Gasteiger partial charge in [-0.15, -0.1) is 0 Å². The van der Waals surface area contributed by atoms with Gasteiger partial charge in [0.1, 0.15) is 0 Å². The van der Waals surface area contributed by atoms with Gasteiger partial charge in [-0.2, -0.15) is 11.3 Å². The van der Waals surface area contributed by atoms with Crippen LogP contribution < -0.4 is 5.32 Å². The van der Waals surface area contributed by atoms with Gasteiger partial charge in [-0.25, -0.2) is 0 Å². The molecule has 0 spiro atoms. The van der Waals surface area contributed by atoms with Gasteiger partial charge in [0.05, 0.1) is 6.04 Å². The first-order valence-corrected chi connectivity index (χ1v) is 6.64. The van der Waals surface area contributed by atoms with Crippen LogP contribution in [0.3, 0.4) is 0 Å². The highest BCUT2D eigenvalue weighted by molar-refractivity contribution is 7.08. The second-order valence-electron chi connectivity index (χ2n) is 3.60. The lowest BCUT2D eigenvalue weighted by atomic mass is 10.0. The fourth-order valence-electron chi connectivity index (χ4n) is 1.76. The van der Waals surface area contributed by atoms with Crippen molar-refractivity contribution < 1.29 is 0 Å². The summed E-state index contributed by atoms with van der Waals surface area (Å²) >= 11 is 7.74. The van der Waals surface area contributed by atoms with Crippen LogP contribution in [0.5, 0.6) is 0 Å². The average molecular weight is 252 g/mol. The fraction of sp³-hybridized carbons (Fsp3) is 0.231.